The van der Waals surface area contributed by atoms with Crippen molar-refractivity contribution < 1.29 is 9.53 Å². The molecule has 0 aliphatic heterocycles. The maximum atomic E-state index is 13.0. The molecule has 0 radical (unpaired) electrons. The lowest BCUT2D eigenvalue weighted by molar-refractivity contribution is 0.102. The van der Waals surface area contributed by atoms with Crippen molar-refractivity contribution in [3.8, 4) is 16.3 Å². The molecule has 0 saturated carbocycles. The quantitative estimate of drug-likeness (QED) is 0.315. The van der Waals surface area contributed by atoms with Gasteiger partial charge in [-0.3, -0.25) is 4.79 Å². The number of benzene rings is 3. The average Bonchev–Trinajstić information content (AvgIpc) is 3.12. The minimum absolute atomic E-state index is 0.253. The Balaban J connectivity index is 1.76. The number of amides is 1. The summed E-state index contributed by atoms with van der Waals surface area (Å²) in [5.41, 5.74) is 2.59. The number of carbonyl (C=O) groups excluding carboxylic acids is 1. The summed E-state index contributed by atoms with van der Waals surface area (Å²) in [6.45, 7) is 0. The zero-order chi connectivity index (χ0) is 20.5. The van der Waals surface area contributed by atoms with E-state index in [-0.39, 0.29) is 22.2 Å². The van der Waals surface area contributed by atoms with Crippen molar-refractivity contribution in [2.45, 2.75) is 0 Å². The second-order valence-corrected chi connectivity index (χ2v) is 8.89. The Morgan fingerprint density at radius 2 is 1.93 bits per heavy atom. The molecule has 0 aliphatic carbocycles. The monoisotopic (exact) mass is 506 g/mol. The van der Waals surface area contributed by atoms with E-state index in [1.807, 2.05) is 42.5 Å². The molecule has 8 heteroatoms. The summed E-state index contributed by atoms with van der Waals surface area (Å²) >= 11 is 17.3. The SMILES string of the molecule is COc1c(Cl)cc(Cl)cc1C(=O)Nc1ccc(Br)cc1-c1nc2ccccc2s1. The molecular weight excluding hydrogens is 495 g/mol. The van der Waals surface area contributed by atoms with Gasteiger partial charge in [0.15, 0.2) is 0 Å². The van der Waals surface area contributed by atoms with Gasteiger partial charge in [-0.2, -0.15) is 0 Å². The van der Waals surface area contributed by atoms with Gasteiger partial charge >= 0.3 is 0 Å². The molecule has 4 aromatic rings. The number of nitrogens with zero attached hydrogens (tertiary/aromatic N) is 1. The van der Waals surface area contributed by atoms with Crippen LogP contribution < -0.4 is 10.1 Å². The van der Waals surface area contributed by atoms with E-state index in [9.17, 15) is 4.79 Å². The number of halogens is 3. The first-order chi connectivity index (χ1) is 14.0. The first kappa shape index (κ1) is 20.2. The molecule has 0 spiro atoms. The minimum atomic E-state index is -0.379. The lowest BCUT2D eigenvalue weighted by atomic mass is 10.1. The third-order valence-corrected chi connectivity index (χ3v) is 6.27. The first-order valence-electron chi connectivity index (χ1n) is 8.46. The number of rotatable bonds is 4. The first-order valence-corrected chi connectivity index (χ1v) is 10.8. The predicted octanol–water partition coefficient (Wildman–Crippen LogP) is 7.29. The number of ether oxygens (including phenoxy) is 1. The van der Waals surface area contributed by atoms with Crippen LogP contribution >= 0.6 is 50.5 Å². The second kappa shape index (κ2) is 8.32. The molecule has 29 heavy (non-hydrogen) atoms. The van der Waals surface area contributed by atoms with Gasteiger partial charge in [0.25, 0.3) is 5.91 Å². The van der Waals surface area contributed by atoms with Crippen molar-refractivity contribution in [1.82, 2.24) is 4.98 Å². The number of para-hydroxylation sites is 1. The van der Waals surface area contributed by atoms with Crippen molar-refractivity contribution >= 4 is 72.3 Å². The summed E-state index contributed by atoms with van der Waals surface area (Å²) in [7, 11) is 1.46. The van der Waals surface area contributed by atoms with Crippen LogP contribution in [0.25, 0.3) is 20.8 Å². The van der Waals surface area contributed by atoms with Gasteiger partial charge < -0.3 is 10.1 Å². The summed E-state index contributed by atoms with van der Waals surface area (Å²) in [6.07, 6.45) is 0. The number of thiazole rings is 1. The van der Waals surface area contributed by atoms with Crippen LogP contribution in [0, 0.1) is 0 Å². The van der Waals surface area contributed by atoms with Crippen molar-refractivity contribution in [2.75, 3.05) is 12.4 Å². The molecule has 0 saturated heterocycles. The van der Waals surface area contributed by atoms with Crippen molar-refractivity contribution in [2.24, 2.45) is 0 Å². The Labute approximate surface area is 189 Å². The lowest BCUT2D eigenvalue weighted by Crippen LogP contribution is -2.14. The zero-order valence-corrected chi connectivity index (χ0v) is 18.9. The fourth-order valence-corrected chi connectivity index (χ4v) is 4.84. The molecule has 0 bridgehead atoms. The van der Waals surface area contributed by atoms with Crippen molar-refractivity contribution in [1.29, 1.82) is 0 Å². The van der Waals surface area contributed by atoms with Crippen LogP contribution in [0.2, 0.25) is 10.0 Å². The van der Waals surface area contributed by atoms with E-state index in [0.29, 0.717) is 10.7 Å². The van der Waals surface area contributed by atoms with E-state index in [2.05, 4.69) is 21.2 Å². The van der Waals surface area contributed by atoms with Crippen LogP contribution in [-0.2, 0) is 0 Å². The summed E-state index contributed by atoms with van der Waals surface area (Å²) in [6, 6.07) is 16.6. The third kappa shape index (κ3) is 4.12. The summed E-state index contributed by atoms with van der Waals surface area (Å²) in [4.78, 5) is 17.7. The number of fused-ring (bicyclic) bond motifs is 1. The van der Waals surface area contributed by atoms with Gasteiger partial charge in [0.1, 0.15) is 10.8 Å². The van der Waals surface area contributed by atoms with Crippen molar-refractivity contribution in [3.63, 3.8) is 0 Å². The maximum absolute atomic E-state index is 13.0. The smallest absolute Gasteiger partial charge is 0.259 e. The van der Waals surface area contributed by atoms with Crippen LogP contribution in [0.1, 0.15) is 10.4 Å². The molecule has 0 unspecified atom stereocenters. The van der Waals surface area contributed by atoms with Crippen LogP contribution in [0.3, 0.4) is 0 Å². The molecule has 1 N–H and O–H groups in total. The summed E-state index contributed by atoms with van der Waals surface area (Å²) in [5.74, 6) is -0.108. The van der Waals surface area contributed by atoms with E-state index in [1.165, 1.54) is 19.2 Å². The fourth-order valence-electron chi connectivity index (χ4n) is 2.92. The van der Waals surface area contributed by atoms with E-state index in [1.54, 1.807) is 11.3 Å². The van der Waals surface area contributed by atoms with Gasteiger partial charge in [-0.15, -0.1) is 11.3 Å². The molecular formula is C21H13BrCl2N2O2S. The standard InChI is InChI=1S/C21H13BrCl2N2O2S/c1-28-19-14(9-12(23)10-15(19)24)20(27)25-16-7-6-11(22)8-13(16)21-26-17-4-2-3-5-18(17)29-21/h2-10H,1H3,(H,25,27). The molecule has 0 aliphatic rings. The molecule has 0 atom stereocenters. The second-order valence-electron chi connectivity index (χ2n) is 6.10. The molecule has 4 rings (SSSR count). The Morgan fingerprint density at radius 1 is 1.14 bits per heavy atom. The van der Waals surface area contributed by atoms with E-state index >= 15 is 0 Å². The highest BCUT2D eigenvalue weighted by Crippen LogP contribution is 2.37. The number of hydrogen-bond acceptors (Lipinski definition) is 4. The molecule has 146 valence electrons. The zero-order valence-electron chi connectivity index (χ0n) is 15.0. The van der Waals surface area contributed by atoms with Gasteiger partial charge in [0.05, 0.1) is 33.6 Å². The third-order valence-electron chi connectivity index (χ3n) is 4.21. The number of hydrogen-bond donors (Lipinski definition) is 1. The van der Waals surface area contributed by atoms with E-state index in [0.717, 1.165) is 25.3 Å². The van der Waals surface area contributed by atoms with Crippen LogP contribution in [0.4, 0.5) is 5.69 Å². The van der Waals surface area contributed by atoms with Gasteiger partial charge in [0.2, 0.25) is 0 Å². The number of aromatic nitrogens is 1. The minimum Gasteiger partial charge on any atom is -0.494 e. The highest BCUT2D eigenvalue weighted by Gasteiger charge is 2.19. The Morgan fingerprint density at radius 3 is 2.69 bits per heavy atom. The fraction of sp³-hybridized carbons (Fsp3) is 0.0476. The van der Waals surface area contributed by atoms with Gasteiger partial charge in [-0.25, -0.2) is 4.98 Å². The molecule has 1 amide bonds. The summed E-state index contributed by atoms with van der Waals surface area (Å²) in [5, 5.41) is 4.36. The molecule has 1 heterocycles. The topological polar surface area (TPSA) is 51.2 Å². The Kier molecular flexibility index (Phi) is 5.79. The lowest BCUT2D eigenvalue weighted by Gasteiger charge is -2.13. The molecule has 0 fully saturated rings. The van der Waals surface area contributed by atoms with Crippen LogP contribution in [-0.4, -0.2) is 18.0 Å². The molecule has 4 nitrogen and oxygen atoms in total. The molecule has 3 aromatic carbocycles. The predicted molar refractivity (Wildman–Crippen MR) is 124 cm³/mol. The van der Waals surface area contributed by atoms with Gasteiger partial charge in [0, 0.05) is 15.1 Å². The maximum Gasteiger partial charge on any atom is 0.259 e. The van der Waals surface area contributed by atoms with Crippen molar-refractivity contribution in [3.05, 3.63) is 74.7 Å². The van der Waals surface area contributed by atoms with Gasteiger partial charge in [-0.05, 0) is 42.5 Å². The number of anilines is 1. The Bertz CT molecular complexity index is 1210. The largest absolute Gasteiger partial charge is 0.494 e. The Hall–Kier alpha value is -2.12. The van der Waals surface area contributed by atoms with Crippen LogP contribution in [0.5, 0.6) is 5.75 Å². The average molecular weight is 508 g/mol. The highest BCUT2D eigenvalue weighted by atomic mass is 79.9. The molecule has 1 aromatic heterocycles. The normalized spacial score (nSPS) is 10.9. The van der Waals surface area contributed by atoms with Gasteiger partial charge in [-0.1, -0.05) is 51.3 Å². The van der Waals surface area contributed by atoms with E-state index < -0.39 is 0 Å². The number of methoxy groups -OCH3 is 1. The summed E-state index contributed by atoms with van der Waals surface area (Å²) < 4.78 is 7.25. The number of carbonyl (C=O) groups is 1. The van der Waals surface area contributed by atoms with E-state index in [4.69, 9.17) is 32.9 Å². The number of nitrogens with one attached hydrogen (secondary N) is 1. The highest BCUT2D eigenvalue weighted by molar-refractivity contribution is 9.10. The van der Waals surface area contributed by atoms with Crippen LogP contribution in [0.15, 0.2) is 59.1 Å².